The molecule has 0 aliphatic carbocycles. The summed E-state index contributed by atoms with van der Waals surface area (Å²) < 4.78 is 29.8. The largest absolute Gasteiger partial charge is 0.493 e. The fraction of sp³-hybridized carbons (Fsp3) is 0.300. The molecule has 0 saturated carbocycles. The van der Waals surface area contributed by atoms with Crippen molar-refractivity contribution in [2.24, 2.45) is 5.16 Å². The van der Waals surface area contributed by atoms with E-state index in [4.69, 9.17) is 19.0 Å². The van der Waals surface area contributed by atoms with Gasteiger partial charge in [0.05, 0.1) is 25.5 Å². The number of ether oxygens (including phenoxy) is 3. The van der Waals surface area contributed by atoms with Gasteiger partial charge in [-0.15, -0.1) is 0 Å². The molecule has 1 atom stereocenters. The molecule has 7 heteroatoms. The Labute approximate surface area is 156 Å². The average Bonchev–Trinajstić information content (AvgIpc) is 3.08. The summed E-state index contributed by atoms with van der Waals surface area (Å²) in [4.78, 5) is 17.2. The van der Waals surface area contributed by atoms with E-state index in [2.05, 4.69) is 5.16 Å². The van der Waals surface area contributed by atoms with E-state index < -0.39 is 11.6 Å². The molecule has 27 heavy (non-hydrogen) atoms. The fourth-order valence-electron chi connectivity index (χ4n) is 2.77. The van der Waals surface area contributed by atoms with Crippen LogP contribution in [-0.4, -0.2) is 38.1 Å². The molecule has 6 nitrogen and oxygen atoms in total. The van der Waals surface area contributed by atoms with Crippen LogP contribution < -0.4 is 9.47 Å². The smallest absolute Gasteiger partial charge is 0.337 e. The van der Waals surface area contributed by atoms with Crippen LogP contribution in [0.4, 0.5) is 4.39 Å². The molecule has 142 valence electrons. The lowest BCUT2D eigenvalue weighted by Crippen LogP contribution is -2.33. The summed E-state index contributed by atoms with van der Waals surface area (Å²) in [6.07, 6.45) is 0.382. The van der Waals surface area contributed by atoms with Gasteiger partial charge >= 0.3 is 5.97 Å². The van der Waals surface area contributed by atoms with Crippen LogP contribution in [0.15, 0.2) is 47.6 Å². The molecule has 0 aromatic heterocycles. The molecule has 0 N–H and O–H groups in total. The van der Waals surface area contributed by atoms with Gasteiger partial charge in [-0.3, -0.25) is 0 Å². The van der Waals surface area contributed by atoms with Crippen LogP contribution in [-0.2, 0) is 9.57 Å². The van der Waals surface area contributed by atoms with Crippen LogP contribution >= 0.6 is 0 Å². The zero-order valence-corrected chi connectivity index (χ0v) is 15.3. The van der Waals surface area contributed by atoms with Crippen LogP contribution in [0.5, 0.6) is 11.5 Å². The first-order valence-electron chi connectivity index (χ1n) is 8.35. The first kappa shape index (κ1) is 18.7. The Balaban J connectivity index is 1.72. The molecule has 0 amide bonds. The van der Waals surface area contributed by atoms with Crippen molar-refractivity contribution >= 4 is 11.7 Å². The number of halogens is 1. The summed E-state index contributed by atoms with van der Waals surface area (Å²) in [6, 6.07) is 11.2. The van der Waals surface area contributed by atoms with Crippen LogP contribution in [0.2, 0.25) is 0 Å². The van der Waals surface area contributed by atoms with E-state index in [-0.39, 0.29) is 12.4 Å². The van der Waals surface area contributed by atoms with Crippen molar-refractivity contribution in [2.45, 2.75) is 18.9 Å². The summed E-state index contributed by atoms with van der Waals surface area (Å²) in [5.74, 6) is 0.0255. The summed E-state index contributed by atoms with van der Waals surface area (Å²) in [5, 5.41) is 4.03. The molecular formula is C20H20FNO5. The van der Waals surface area contributed by atoms with Gasteiger partial charge in [-0.1, -0.05) is 23.4 Å². The number of rotatable bonds is 6. The molecule has 1 aliphatic heterocycles. The highest BCUT2D eigenvalue weighted by molar-refractivity contribution is 6.01. The average molecular weight is 373 g/mol. The molecule has 0 fully saturated rings. The van der Waals surface area contributed by atoms with E-state index in [0.29, 0.717) is 34.8 Å². The molecular weight excluding hydrogens is 353 g/mol. The van der Waals surface area contributed by atoms with Gasteiger partial charge in [-0.2, -0.15) is 0 Å². The van der Waals surface area contributed by atoms with Crippen LogP contribution in [0, 0.1) is 5.82 Å². The lowest BCUT2D eigenvalue weighted by atomic mass is 9.96. The molecule has 1 aliphatic rings. The minimum atomic E-state index is -0.774. The Kier molecular flexibility index (Phi) is 5.30. The van der Waals surface area contributed by atoms with Crippen molar-refractivity contribution in [3.05, 3.63) is 59.4 Å². The summed E-state index contributed by atoms with van der Waals surface area (Å²) in [6.45, 7) is 1.95. The minimum Gasteiger partial charge on any atom is -0.493 e. The van der Waals surface area contributed by atoms with Gasteiger partial charge in [-0.25, -0.2) is 9.18 Å². The maximum Gasteiger partial charge on any atom is 0.337 e. The number of hydrogen-bond donors (Lipinski definition) is 0. The number of carbonyl (C=O) groups is 1. The number of benzene rings is 2. The highest BCUT2D eigenvalue weighted by Gasteiger charge is 2.37. The topological polar surface area (TPSA) is 66.4 Å². The predicted molar refractivity (Wildman–Crippen MR) is 96.9 cm³/mol. The normalized spacial score (nSPS) is 18.4. The van der Waals surface area contributed by atoms with Crippen molar-refractivity contribution in [3.63, 3.8) is 0 Å². The number of carbonyl (C=O) groups excluding carboxylic acids is 1. The highest BCUT2D eigenvalue weighted by Crippen LogP contribution is 2.32. The second-order valence-electron chi connectivity index (χ2n) is 6.38. The predicted octanol–water partition coefficient (Wildman–Crippen LogP) is 3.58. The highest BCUT2D eigenvalue weighted by atomic mass is 19.1. The van der Waals surface area contributed by atoms with Crippen molar-refractivity contribution in [1.29, 1.82) is 0 Å². The first-order valence-corrected chi connectivity index (χ1v) is 8.35. The molecule has 3 rings (SSSR count). The third-order valence-electron chi connectivity index (χ3n) is 4.22. The van der Waals surface area contributed by atoms with Gasteiger partial charge in [0.2, 0.25) is 0 Å². The zero-order chi connectivity index (χ0) is 19.4. The Morgan fingerprint density at radius 1 is 1.22 bits per heavy atom. The second-order valence-corrected chi connectivity index (χ2v) is 6.38. The Morgan fingerprint density at radius 2 is 2.00 bits per heavy atom. The molecule has 0 spiro atoms. The lowest BCUT2D eigenvalue weighted by molar-refractivity contribution is -0.0361. The summed E-state index contributed by atoms with van der Waals surface area (Å²) in [5.41, 5.74) is 0.499. The van der Waals surface area contributed by atoms with E-state index >= 15 is 0 Å². The van der Waals surface area contributed by atoms with Gasteiger partial charge in [0, 0.05) is 12.0 Å². The molecule has 1 heterocycles. The van der Waals surface area contributed by atoms with E-state index in [1.165, 1.54) is 20.3 Å². The fourth-order valence-corrected chi connectivity index (χ4v) is 2.77. The van der Waals surface area contributed by atoms with Gasteiger partial charge in [0.25, 0.3) is 0 Å². The van der Waals surface area contributed by atoms with Gasteiger partial charge in [-0.05, 0) is 31.2 Å². The van der Waals surface area contributed by atoms with Crippen molar-refractivity contribution in [2.75, 3.05) is 20.8 Å². The van der Waals surface area contributed by atoms with E-state index in [9.17, 15) is 9.18 Å². The van der Waals surface area contributed by atoms with Gasteiger partial charge < -0.3 is 19.0 Å². The number of oxime groups is 1. The lowest BCUT2D eigenvalue weighted by Gasteiger charge is -2.22. The standard InChI is InChI=1S/C20H20FNO5/c1-20(11-16(22-27-20)14-6-4-5-7-15(14)21)12-26-18-10-13(19(23)25-3)8-9-17(18)24-2/h4-10H,11-12H2,1-3H3. The monoisotopic (exact) mass is 373 g/mol. The number of hydrogen-bond acceptors (Lipinski definition) is 6. The molecule has 2 aromatic rings. The molecule has 0 bridgehead atoms. The summed E-state index contributed by atoms with van der Waals surface area (Å²) >= 11 is 0. The van der Waals surface area contributed by atoms with Crippen LogP contribution in [0.1, 0.15) is 29.3 Å². The number of nitrogens with zero attached hydrogens (tertiary/aromatic N) is 1. The van der Waals surface area contributed by atoms with Crippen LogP contribution in [0.25, 0.3) is 0 Å². The maximum atomic E-state index is 14.0. The number of methoxy groups -OCH3 is 2. The van der Waals surface area contributed by atoms with Crippen molar-refractivity contribution in [1.82, 2.24) is 0 Å². The van der Waals surface area contributed by atoms with Gasteiger partial charge in [0.15, 0.2) is 17.1 Å². The minimum absolute atomic E-state index is 0.134. The Morgan fingerprint density at radius 3 is 2.70 bits per heavy atom. The van der Waals surface area contributed by atoms with E-state index in [1.807, 2.05) is 6.92 Å². The molecule has 2 aromatic carbocycles. The Hall–Kier alpha value is -3.09. The summed E-state index contributed by atoms with van der Waals surface area (Å²) in [7, 11) is 2.81. The van der Waals surface area contributed by atoms with Crippen molar-refractivity contribution < 1.29 is 28.2 Å². The van der Waals surface area contributed by atoms with E-state index in [0.717, 1.165) is 0 Å². The quantitative estimate of drug-likeness (QED) is 0.724. The number of esters is 1. The van der Waals surface area contributed by atoms with E-state index in [1.54, 1.807) is 36.4 Å². The zero-order valence-electron chi connectivity index (χ0n) is 15.3. The Bertz CT molecular complexity index is 882. The molecule has 0 saturated heterocycles. The SMILES string of the molecule is COC(=O)c1ccc(OC)c(OCC2(C)CC(c3ccccc3F)=NO2)c1. The maximum absolute atomic E-state index is 14.0. The van der Waals surface area contributed by atoms with Gasteiger partial charge in [0.1, 0.15) is 12.4 Å². The third-order valence-corrected chi connectivity index (χ3v) is 4.22. The first-order chi connectivity index (χ1) is 13.0. The molecule has 0 radical (unpaired) electrons. The third kappa shape index (κ3) is 4.02. The second kappa shape index (κ2) is 7.65. The molecule has 1 unspecified atom stereocenters. The van der Waals surface area contributed by atoms with Crippen LogP contribution in [0.3, 0.4) is 0 Å². The van der Waals surface area contributed by atoms with Crippen molar-refractivity contribution in [3.8, 4) is 11.5 Å².